The predicted octanol–water partition coefficient (Wildman–Crippen LogP) is 4.02. The molecular formula is C27H24ClN5O4. The number of aliphatic hydroxyl groups is 2. The number of rotatable bonds is 6. The van der Waals surface area contributed by atoms with E-state index in [0.29, 0.717) is 23.0 Å². The minimum Gasteiger partial charge on any atom is -0.459 e. The highest BCUT2D eigenvalue weighted by Crippen LogP contribution is 2.34. The minimum absolute atomic E-state index is 0.225. The number of benzene rings is 3. The van der Waals surface area contributed by atoms with Crippen LogP contribution in [0.3, 0.4) is 0 Å². The molecular weight excluding hydrogens is 494 g/mol. The van der Waals surface area contributed by atoms with Crippen LogP contribution in [0, 0.1) is 0 Å². The van der Waals surface area contributed by atoms with Crippen LogP contribution < -0.4 is 4.74 Å². The Kier molecular flexibility index (Phi) is 6.35. The van der Waals surface area contributed by atoms with Crippen molar-refractivity contribution in [3.05, 3.63) is 78.3 Å². The highest BCUT2D eigenvalue weighted by atomic mass is 35.5. The van der Waals surface area contributed by atoms with Crippen LogP contribution in [0.5, 0.6) is 6.01 Å². The van der Waals surface area contributed by atoms with Gasteiger partial charge in [0.15, 0.2) is 0 Å². The van der Waals surface area contributed by atoms with Crippen LogP contribution in [0.25, 0.3) is 39.0 Å². The SMILES string of the molecule is OCC1OCC(Oc2nc3cc(-c4ccc(-c5ccc(-n6cncn6)cc5)cc4)c(Cl)cc3[nH]2)CC1O. The van der Waals surface area contributed by atoms with Gasteiger partial charge in [-0.3, -0.25) is 0 Å². The third kappa shape index (κ3) is 4.82. The van der Waals surface area contributed by atoms with Crippen molar-refractivity contribution in [2.24, 2.45) is 0 Å². The zero-order chi connectivity index (χ0) is 25.4. The average Bonchev–Trinajstić information content (AvgIpc) is 3.59. The number of aliphatic hydroxyl groups excluding tert-OH is 2. The number of fused-ring (bicyclic) bond motifs is 1. The van der Waals surface area contributed by atoms with Crippen molar-refractivity contribution in [1.29, 1.82) is 0 Å². The summed E-state index contributed by atoms with van der Waals surface area (Å²) < 4.78 is 13.1. The first-order valence-electron chi connectivity index (χ1n) is 11.9. The van der Waals surface area contributed by atoms with Gasteiger partial charge >= 0.3 is 0 Å². The molecule has 10 heteroatoms. The average molecular weight is 518 g/mol. The van der Waals surface area contributed by atoms with E-state index < -0.39 is 12.2 Å². The molecule has 0 amide bonds. The van der Waals surface area contributed by atoms with Crippen LogP contribution in [-0.2, 0) is 4.74 Å². The van der Waals surface area contributed by atoms with E-state index in [0.717, 1.165) is 33.5 Å². The monoisotopic (exact) mass is 517 g/mol. The number of hydrogen-bond donors (Lipinski definition) is 3. The van der Waals surface area contributed by atoms with E-state index in [1.807, 2.05) is 36.4 Å². The number of halogens is 1. The van der Waals surface area contributed by atoms with Gasteiger partial charge in [0, 0.05) is 12.0 Å². The standard InChI is InChI=1S/C27H24ClN5O4/c28-22-11-24-23(31-27(32-24)37-20-9-25(35)26(12-34)36-13-20)10-21(22)18-3-1-16(2-4-18)17-5-7-19(8-6-17)33-15-29-14-30-33/h1-8,10-11,14-15,20,25-26,34-35H,9,12-13H2,(H,31,32). The summed E-state index contributed by atoms with van der Waals surface area (Å²) in [6.07, 6.45) is 1.79. The molecule has 1 aliphatic heterocycles. The Balaban J connectivity index is 1.20. The Morgan fingerprint density at radius 2 is 1.78 bits per heavy atom. The van der Waals surface area contributed by atoms with Crippen molar-refractivity contribution in [3.8, 4) is 34.0 Å². The summed E-state index contributed by atoms with van der Waals surface area (Å²) in [5, 5.41) is 24.1. The molecule has 0 aliphatic carbocycles. The first-order valence-corrected chi connectivity index (χ1v) is 12.3. The zero-order valence-corrected chi connectivity index (χ0v) is 20.4. The number of H-pyrrole nitrogens is 1. The van der Waals surface area contributed by atoms with Gasteiger partial charge in [0.1, 0.15) is 24.9 Å². The summed E-state index contributed by atoms with van der Waals surface area (Å²) >= 11 is 6.63. The fourth-order valence-corrected chi connectivity index (χ4v) is 4.79. The molecule has 1 aliphatic rings. The topological polar surface area (TPSA) is 118 Å². The van der Waals surface area contributed by atoms with Crippen LogP contribution in [0.2, 0.25) is 5.02 Å². The van der Waals surface area contributed by atoms with Gasteiger partial charge in [-0.05, 0) is 41.0 Å². The number of hydrogen-bond acceptors (Lipinski definition) is 7. The Morgan fingerprint density at radius 1 is 1.05 bits per heavy atom. The van der Waals surface area contributed by atoms with Crippen LogP contribution >= 0.6 is 11.6 Å². The van der Waals surface area contributed by atoms with Crippen LogP contribution in [0.4, 0.5) is 0 Å². The minimum atomic E-state index is -0.788. The van der Waals surface area contributed by atoms with E-state index in [2.05, 4.69) is 44.3 Å². The van der Waals surface area contributed by atoms with Crippen molar-refractivity contribution in [1.82, 2.24) is 24.7 Å². The Bertz CT molecular complexity index is 1500. The van der Waals surface area contributed by atoms with Crippen molar-refractivity contribution >= 4 is 22.6 Å². The number of nitrogens with one attached hydrogen (secondary N) is 1. The second kappa shape index (κ2) is 9.95. The van der Waals surface area contributed by atoms with Gasteiger partial charge in [-0.25, -0.2) is 9.67 Å². The maximum absolute atomic E-state index is 10.1. The highest BCUT2D eigenvalue weighted by Gasteiger charge is 2.31. The van der Waals surface area contributed by atoms with E-state index in [-0.39, 0.29) is 19.3 Å². The fraction of sp³-hybridized carbons (Fsp3) is 0.222. The van der Waals surface area contributed by atoms with E-state index in [1.54, 1.807) is 11.0 Å². The van der Waals surface area contributed by atoms with Crippen LogP contribution in [0.1, 0.15) is 6.42 Å². The second-order valence-corrected chi connectivity index (χ2v) is 9.36. The molecule has 3 aromatic carbocycles. The largest absolute Gasteiger partial charge is 0.459 e. The Labute approximate surface area is 217 Å². The van der Waals surface area contributed by atoms with E-state index >= 15 is 0 Å². The third-order valence-corrected chi connectivity index (χ3v) is 6.83. The van der Waals surface area contributed by atoms with Gasteiger partial charge in [-0.2, -0.15) is 10.1 Å². The van der Waals surface area contributed by atoms with E-state index in [9.17, 15) is 10.2 Å². The van der Waals surface area contributed by atoms with Crippen molar-refractivity contribution in [3.63, 3.8) is 0 Å². The molecule has 0 radical (unpaired) electrons. The molecule has 3 N–H and O–H groups in total. The molecule has 3 unspecified atom stereocenters. The first-order chi connectivity index (χ1) is 18.1. The molecule has 6 rings (SSSR count). The van der Waals surface area contributed by atoms with E-state index in [1.165, 1.54) is 6.33 Å². The maximum Gasteiger partial charge on any atom is 0.294 e. The molecule has 2 aromatic heterocycles. The van der Waals surface area contributed by atoms with Gasteiger partial charge < -0.3 is 24.7 Å². The summed E-state index contributed by atoms with van der Waals surface area (Å²) in [4.78, 5) is 11.7. The quantitative estimate of drug-likeness (QED) is 0.311. The van der Waals surface area contributed by atoms with Gasteiger partial charge in [0.05, 0.1) is 41.1 Å². The molecule has 0 saturated carbocycles. The molecule has 188 valence electrons. The summed E-state index contributed by atoms with van der Waals surface area (Å²) in [7, 11) is 0. The van der Waals surface area contributed by atoms with Gasteiger partial charge in [-0.15, -0.1) is 0 Å². The lowest BCUT2D eigenvalue weighted by molar-refractivity contribution is -0.131. The fourth-order valence-electron chi connectivity index (χ4n) is 4.52. The lowest BCUT2D eigenvalue weighted by atomic mass is 10.00. The molecule has 1 saturated heterocycles. The third-order valence-electron chi connectivity index (χ3n) is 6.52. The molecule has 5 aromatic rings. The number of aromatic nitrogens is 5. The molecule has 1 fully saturated rings. The zero-order valence-electron chi connectivity index (χ0n) is 19.7. The highest BCUT2D eigenvalue weighted by molar-refractivity contribution is 6.34. The lowest BCUT2D eigenvalue weighted by Gasteiger charge is -2.31. The lowest BCUT2D eigenvalue weighted by Crippen LogP contribution is -2.45. The van der Waals surface area contributed by atoms with Gasteiger partial charge in [0.25, 0.3) is 6.01 Å². The van der Waals surface area contributed by atoms with Crippen LogP contribution in [-0.4, -0.2) is 66.5 Å². The summed E-state index contributed by atoms with van der Waals surface area (Å²) in [5.74, 6) is 0. The predicted molar refractivity (Wildman–Crippen MR) is 139 cm³/mol. The maximum atomic E-state index is 10.1. The molecule has 9 nitrogen and oxygen atoms in total. The van der Waals surface area contributed by atoms with Crippen LogP contribution in [0.15, 0.2) is 73.3 Å². The summed E-state index contributed by atoms with van der Waals surface area (Å²) in [6, 6.07) is 20.4. The first kappa shape index (κ1) is 23.6. The molecule has 3 heterocycles. The number of ether oxygens (including phenoxy) is 2. The normalized spacial score (nSPS) is 19.8. The molecule has 0 spiro atoms. The van der Waals surface area contributed by atoms with Crippen molar-refractivity contribution in [2.45, 2.75) is 24.7 Å². The molecule has 0 bridgehead atoms. The van der Waals surface area contributed by atoms with Gasteiger partial charge in [0.2, 0.25) is 0 Å². The molecule has 3 atom stereocenters. The molecule has 37 heavy (non-hydrogen) atoms. The number of nitrogens with zero attached hydrogens (tertiary/aromatic N) is 4. The Morgan fingerprint density at radius 3 is 2.46 bits per heavy atom. The number of imidazole rings is 1. The summed E-state index contributed by atoms with van der Waals surface area (Å²) in [5.41, 5.74) is 6.42. The number of aromatic amines is 1. The Hall–Kier alpha value is -3.76. The van der Waals surface area contributed by atoms with Crippen molar-refractivity contribution in [2.75, 3.05) is 13.2 Å². The van der Waals surface area contributed by atoms with Crippen molar-refractivity contribution < 1.29 is 19.7 Å². The second-order valence-electron chi connectivity index (χ2n) is 8.95. The smallest absolute Gasteiger partial charge is 0.294 e. The van der Waals surface area contributed by atoms with E-state index in [4.69, 9.17) is 21.1 Å². The van der Waals surface area contributed by atoms with Gasteiger partial charge in [-0.1, -0.05) is 48.0 Å². The summed E-state index contributed by atoms with van der Waals surface area (Å²) in [6.45, 7) is 0.0396.